The van der Waals surface area contributed by atoms with E-state index in [9.17, 15) is 0 Å². The molecule has 2 aromatic carbocycles. The summed E-state index contributed by atoms with van der Waals surface area (Å²) < 4.78 is 8.89. The number of nitrogens with zero attached hydrogens (tertiary/aromatic N) is 2. The number of ether oxygens (including phenoxy) is 1. The number of aromatic nitrogens is 2. The molecule has 0 bridgehead atoms. The lowest BCUT2D eigenvalue weighted by molar-refractivity contribution is 0.0557. The van der Waals surface area contributed by atoms with Gasteiger partial charge in [0.25, 0.3) is 0 Å². The average Bonchev–Trinajstić information content (AvgIpc) is 3.31. The van der Waals surface area contributed by atoms with Crippen LogP contribution < -0.4 is 5.32 Å². The molecule has 0 fully saturated rings. The minimum absolute atomic E-state index is 0.274. The van der Waals surface area contributed by atoms with Gasteiger partial charge in [0, 0.05) is 23.3 Å². The average molecular weight is 548 g/mol. The van der Waals surface area contributed by atoms with Gasteiger partial charge >= 0.3 is 0 Å². The normalized spacial score (nSPS) is 12.6. The minimum atomic E-state index is -1.41. The van der Waals surface area contributed by atoms with Crippen molar-refractivity contribution in [1.29, 1.82) is 0 Å². The lowest BCUT2D eigenvalue weighted by atomic mass is 10.0. The van der Waals surface area contributed by atoms with Crippen molar-refractivity contribution in [2.24, 2.45) is 0 Å². The van der Waals surface area contributed by atoms with E-state index in [2.05, 4.69) is 104 Å². The van der Waals surface area contributed by atoms with Crippen molar-refractivity contribution in [3.8, 4) is 22.5 Å². The van der Waals surface area contributed by atoms with E-state index in [1.165, 1.54) is 69.2 Å². The number of aryl methyl sites for hydroxylation is 1. The molecule has 214 valence electrons. The first-order chi connectivity index (χ1) is 18.9. The van der Waals surface area contributed by atoms with Crippen LogP contribution in [0.4, 0.5) is 0 Å². The number of benzene rings is 2. The van der Waals surface area contributed by atoms with E-state index in [4.69, 9.17) is 9.72 Å². The summed E-state index contributed by atoms with van der Waals surface area (Å²) >= 11 is 0. The predicted molar refractivity (Wildman–Crippen MR) is 171 cm³/mol. The second kappa shape index (κ2) is 16.8. The molecule has 3 aromatic rings. The number of nitrogens with one attached hydrogen (secondary N) is 1. The van der Waals surface area contributed by atoms with Gasteiger partial charge in [-0.05, 0) is 39.3 Å². The summed E-state index contributed by atoms with van der Waals surface area (Å²) in [7, 11) is -1.41. The third-order valence-electron chi connectivity index (χ3n) is 7.78. The van der Waals surface area contributed by atoms with E-state index >= 15 is 0 Å². The SMILES string of the molecule is CCCCCCCNCCCCCCc1nc(-c2ccccc2)c(-c2ccccc2)n1COC(C)[Si](C)(C)C. The van der Waals surface area contributed by atoms with Gasteiger partial charge in [-0.2, -0.15) is 0 Å². The molecule has 4 nitrogen and oxygen atoms in total. The molecule has 0 aliphatic rings. The topological polar surface area (TPSA) is 39.1 Å². The number of unbranched alkanes of at least 4 members (excludes halogenated alkanes) is 7. The maximum Gasteiger partial charge on any atom is 0.124 e. The highest BCUT2D eigenvalue weighted by atomic mass is 28.3. The standard InChI is InChI=1S/C34H53N3OSi/c1-6-7-8-10-19-26-35-27-20-11-9-18-25-32-36-33(30-21-14-12-15-22-30)34(31-23-16-13-17-24-31)37(32)28-38-29(2)39(3,4)5/h12-17,21-24,29,35H,6-11,18-20,25-28H2,1-5H3. The zero-order valence-corrected chi connectivity index (χ0v) is 26.3. The fourth-order valence-corrected chi connectivity index (χ4v) is 5.39. The first-order valence-corrected chi connectivity index (χ1v) is 19.0. The van der Waals surface area contributed by atoms with Crippen molar-refractivity contribution < 1.29 is 4.74 Å². The van der Waals surface area contributed by atoms with Crippen LogP contribution in [0.15, 0.2) is 60.7 Å². The minimum Gasteiger partial charge on any atom is -0.361 e. The Balaban J connectivity index is 1.67. The van der Waals surface area contributed by atoms with Crippen molar-refractivity contribution in [3.63, 3.8) is 0 Å². The lowest BCUT2D eigenvalue weighted by Gasteiger charge is -2.26. The van der Waals surface area contributed by atoms with Gasteiger partial charge < -0.3 is 14.6 Å². The van der Waals surface area contributed by atoms with Gasteiger partial charge in [-0.25, -0.2) is 4.98 Å². The van der Waals surface area contributed by atoms with Gasteiger partial charge in [-0.3, -0.25) is 0 Å². The molecule has 0 spiro atoms. The second-order valence-corrected chi connectivity index (χ2v) is 17.6. The zero-order valence-electron chi connectivity index (χ0n) is 25.3. The summed E-state index contributed by atoms with van der Waals surface area (Å²) in [6, 6.07) is 21.3. The van der Waals surface area contributed by atoms with Gasteiger partial charge in [0.2, 0.25) is 0 Å². The molecule has 39 heavy (non-hydrogen) atoms. The lowest BCUT2D eigenvalue weighted by Crippen LogP contribution is -2.38. The Bertz CT molecular complexity index is 1060. The molecule has 1 atom stereocenters. The van der Waals surface area contributed by atoms with E-state index < -0.39 is 8.07 Å². The number of imidazole rings is 1. The third-order valence-corrected chi connectivity index (χ3v) is 10.4. The van der Waals surface area contributed by atoms with E-state index in [1.54, 1.807) is 0 Å². The highest BCUT2D eigenvalue weighted by Crippen LogP contribution is 2.34. The summed E-state index contributed by atoms with van der Waals surface area (Å²) in [5, 5.41) is 3.64. The molecule has 0 radical (unpaired) electrons. The summed E-state index contributed by atoms with van der Waals surface area (Å²) in [5.41, 5.74) is 4.86. The van der Waals surface area contributed by atoms with E-state index in [0.29, 0.717) is 6.73 Å². The molecular formula is C34H53N3OSi. The van der Waals surface area contributed by atoms with Gasteiger partial charge in [0.1, 0.15) is 12.6 Å². The second-order valence-electron chi connectivity index (χ2n) is 12.0. The number of hydrogen-bond donors (Lipinski definition) is 1. The zero-order chi connectivity index (χ0) is 27.9. The maximum absolute atomic E-state index is 6.53. The quantitative estimate of drug-likeness (QED) is 0.120. The first-order valence-electron chi connectivity index (χ1n) is 15.4. The highest BCUT2D eigenvalue weighted by Gasteiger charge is 2.25. The van der Waals surface area contributed by atoms with Crippen LogP contribution in [-0.2, 0) is 17.9 Å². The molecule has 0 saturated carbocycles. The smallest absolute Gasteiger partial charge is 0.124 e. The first kappa shape index (κ1) is 31.3. The fourth-order valence-electron chi connectivity index (χ4n) is 4.82. The molecule has 0 amide bonds. The van der Waals surface area contributed by atoms with Crippen molar-refractivity contribution in [2.75, 3.05) is 13.1 Å². The highest BCUT2D eigenvalue weighted by molar-refractivity contribution is 6.77. The monoisotopic (exact) mass is 547 g/mol. The molecule has 1 aromatic heterocycles. The van der Waals surface area contributed by atoms with Crippen LogP contribution in [0, 0.1) is 0 Å². The van der Waals surface area contributed by atoms with E-state index in [-0.39, 0.29) is 5.73 Å². The molecule has 3 rings (SSSR count). The van der Waals surface area contributed by atoms with E-state index in [0.717, 1.165) is 36.5 Å². The molecule has 0 aliphatic heterocycles. The Morgan fingerprint density at radius 1 is 0.769 bits per heavy atom. The Morgan fingerprint density at radius 3 is 1.92 bits per heavy atom. The van der Waals surface area contributed by atoms with Crippen molar-refractivity contribution in [1.82, 2.24) is 14.9 Å². The Morgan fingerprint density at radius 2 is 1.33 bits per heavy atom. The molecule has 1 N–H and O–H groups in total. The summed E-state index contributed by atoms with van der Waals surface area (Å²) in [6.07, 6.45) is 12.6. The van der Waals surface area contributed by atoms with Crippen LogP contribution in [0.1, 0.15) is 77.5 Å². The third kappa shape index (κ3) is 10.4. The molecule has 0 saturated heterocycles. The Kier molecular flexibility index (Phi) is 13.5. The maximum atomic E-state index is 6.53. The van der Waals surface area contributed by atoms with Crippen LogP contribution in [0.5, 0.6) is 0 Å². The summed E-state index contributed by atoms with van der Waals surface area (Å²) in [6.45, 7) is 14.5. The molecule has 1 heterocycles. The van der Waals surface area contributed by atoms with Gasteiger partial charge in [-0.1, -0.05) is 126 Å². The van der Waals surface area contributed by atoms with Gasteiger partial charge in [-0.15, -0.1) is 0 Å². The van der Waals surface area contributed by atoms with Crippen molar-refractivity contribution in [2.45, 2.75) is 110 Å². The summed E-state index contributed by atoms with van der Waals surface area (Å²) in [5.74, 6) is 1.14. The van der Waals surface area contributed by atoms with Crippen LogP contribution in [-0.4, -0.2) is 36.4 Å². The van der Waals surface area contributed by atoms with Crippen molar-refractivity contribution >= 4 is 8.07 Å². The van der Waals surface area contributed by atoms with Crippen LogP contribution in [0.3, 0.4) is 0 Å². The van der Waals surface area contributed by atoms with Crippen LogP contribution in [0.25, 0.3) is 22.5 Å². The van der Waals surface area contributed by atoms with Crippen LogP contribution >= 0.6 is 0 Å². The fraction of sp³-hybridized carbons (Fsp3) is 0.559. The molecule has 5 heteroatoms. The predicted octanol–water partition coefficient (Wildman–Crippen LogP) is 9.12. The van der Waals surface area contributed by atoms with Gasteiger partial charge in [0.05, 0.1) is 19.5 Å². The number of rotatable bonds is 19. The summed E-state index contributed by atoms with van der Waals surface area (Å²) in [4.78, 5) is 5.27. The number of hydrogen-bond acceptors (Lipinski definition) is 3. The molecular weight excluding hydrogens is 494 g/mol. The molecule has 0 aliphatic carbocycles. The largest absolute Gasteiger partial charge is 0.361 e. The Hall–Kier alpha value is -2.21. The van der Waals surface area contributed by atoms with Crippen molar-refractivity contribution in [3.05, 3.63) is 66.5 Å². The van der Waals surface area contributed by atoms with Crippen LogP contribution in [0.2, 0.25) is 19.6 Å². The van der Waals surface area contributed by atoms with Gasteiger partial charge in [0.15, 0.2) is 0 Å². The Labute approximate surface area is 239 Å². The molecule has 1 unspecified atom stereocenters. The van der Waals surface area contributed by atoms with E-state index in [1.807, 2.05) is 0 Å².